The molecular weight excluding hydrogens is 350 g/mol. The van der Waals surface area contributed by atoms with Gasteiger partial charge in [-0.05, 0) is 50.7 Å². The molecule has 5 nitrogen and oxygen atoms in total. The fourth-order valence-corrected chi connectivity index (χ4v) is 5.43. The summed E-state index contributed by atoms with van der Waals surface area (Å²) in [7, 11) is 0. The van der Waals surface area contributed by atoms with Gasteiger partial charge >= 0.3 is 0 Å². The van der Waals surface area contributed by atoms with E-state index in [1.54, 1.807) is 0 Å². The Labute approximate surface area is 168 Å². The lowest BCUT2D eigenvalue weighted by Gasteiger charge is -2.48. The minimum absolute atomic E-state index is 0.0628. The zero-order chi connectivity index (χ0) is 19.3. The highest BCUT2D eigenvalue weighted by atomic mass is 16.2. The summed E-state index contributed by atoms with van der Waals surface area (Å²) < 4.78 is 0. The monoisotopic (exact) mass is 383 g/mol. The molecule has 4 rings (SSSR count). The Bertz CT molecular complexity index is 658. The van der Waals surface area contributed by atoms with Crippen LogP contribution in [-0.2, 0) is 9.59 Å². The molecule has 1 saturated carbocycles. The highest BCUT2D eigenvalue weighted by Gasteiger charge is 2.39. The summed E-state index contributed by atoms with van der Waals surface area (Å²) in [5.41, 5.74) is 0.854. The molecule has 1 aromatic rings. The standard InChI is InChI=1S/C23H33N3O2/c27-22(24-18-10-5-2-6-11-18)16-26-20-12-7-13-21(26)15-19(14-20)25-23(28)17-8-3-1-4-9-17/h2,5-6,10-11,17,19-21H,1,3-4,7-9,12-16H2,(H,24,27)(H,25,28)/t19?,20-,21+. The van der Waals surface area contributed by atoms with Crippen LogP contribution in [0.15, 0.2) is 30.3 Å². The summed E-state index contributed by atoms with van der Waals surface area (Å²) in [6, 6.07) is 10.8. The van der Waals surface area contributed by atoms with E-state index in [2.05, 4.69) is 15.5 Å². The van der Waals surface area contributed by atoms with E-state index < -0.39 is 0 Å². The van der Waals surface area contributed by atoms with E-state index in [4.69, 9.17) is 0 Å². The first-order valence-corrected chi connectivity index (χ1v) is 11.1. The van der Waals surface area contributed by atoms with Gasteiger partial charge in [-0.25, -0.2) is 0 Å². The molecule has 2 aliphatic heterocycles. The largest absolute Gasteiger partial charge is 0.353 e. The van der Waals surface area contributed by atoms with Gasteiger partial charge in [0.1, 0.15) is 0 Å². The maximum absolute atomic E-state index is 12.7. The number of rotatable bonds is 5. The molecule has 1 unspecified atom stereocenters. The Hall–Kier alpha value is -1.88. The van der Waals surface area contributed by atoms with Crippen molar-refractivity contribution in [2.45, 2.75) is 82.3 Å². The fourth-order valence-electron chi connectivity index (χ4n) is 5.43. The van der Waals surface area contributed by atoms with Crippen LogP contribution in [0.1, 0.15) is 64.2 Å². The zero-order valence-corrected chi connectivity index (χ0v) is 16.7. The normalized spacial score (nSPS) is 28.5. The van der Waals surface area contributed by atoms with Crippen LogP contribution in [0, 0.1) is 5.92 Å². The predicted octanol–water partition coefficient (Wildman–Crippen LogP) is 3.71. The Balaban J connectivity index is 1.31. The number of fused-ring (bicyclic) bond motifs is 2. The molecule has 1 aliphatic carbocycles. The average molecular weight is 384 g/mol. The van der Waals surface area contributed by atoms with Crippen LogP contribution in [0.3, 0.4) is 0 Å². The molecule has 0 aromatic heterocycles. The SMILES string of the molecule is O=C(CN1[C@@H]2CCC[C@H]1CC(NC(=O)C1CCCCC1)C2)Nc1ccccc1. The maximum Gasteiger partial charge on any atom is 0.238 e. The van der Waals surface area contributed by atoms with Gasteiger partial charge in [-0.1, -0.05) is 43.9 Å². The van der Waals surface area contributed by atoms with Crippen LogP contribution in [0.25, 0.3) is 0 Å². The van der Waals surface area contributed by atoms with E-state index in [1.807, 2.05) is 30.3 Å². The Morgan fingerprint density at radius 2 is 1.57 bits per heavy atom. The van der Waals surface area contributed by atoms with E-state index in [0.717, 1.165) is 44.2 Å². The number of carbonyl (C=O) groups excluding carboxylic acids is 2. The fraction of sp³-hybridized carbons (Fsp3) is 0.652. The van der Waals surface area contributed by atoms with Crippen LogP contribution in [-0.4, -0.2) is 41.4 Å². The van der Waals surface area contributed by atoms with Crippen LogP contribution in [0.5, 0.6) is 0 Å². The quantitative estimate of drug-likeness (QED) is 0.815. The summed E-state index contributed by atoms with van der Waals surface area (Å²) in [4.78, 5) is 27.6. The van der Waals surface area contributed by atoms with Gasteiger partial charge in [0.2, 0.25) is 11.8 Å². The predicted molar refractivity (Wildman–Crippen MR) is 111 cm³/mol. The van der Waals surface area contributed by atoms with Crippen molar-refractivity contribution in [3.8, 4) is 0 Å². The Morgan fingerprint density at radius 3 is 2.25 bits per heavy atom. The molecule has 152 valence electrons. The van der Waals surface area contributed by atoms with Gasteiger partial charge < -0.3 is 10.6 Å². The maximum atomic E-state index is 12.7. The second-order valence-electron chi connectivity index (χ2n) is 8.84. The molecule has 0 spiro atoms. The summed E-state index contributed by atoms with van der Waals surface area (Å²) >= 11 is 0. The summed E-state index contributed by atoms with van der Waals surface area (Å²) in [6.07, 6.45) is 11.2. The number of para-hydroxylation sites is 1. The van der Waals surface area contributed by atoms with Gasteiger partial charge in [0, 0.05) is 29.7 Å². The third-order valence-electron chi connectivity index (χ3n) is 6.83. The van der Waals surface area contributed by atoms with Crippen molar-refractivity contribution in [1.82, 2.24) is 10.2 Å². The minimum atomic E-state index is 0.0628. The second-order valence-corrected chi connectivity index (χ2v) is 8.84. The Kier molecular flexibility index (Phi) is 6.30. The minimum Gasteiger partial charge on any atom is -0.353 e. The first-order chi connectivity index (χ1) is 13.7. The van der Waals surface area contributed by atoms with Crippen LogP contribution in [0.4, 0.5) is 5.69 Å². The molecule has 5 heteroatoms. The molecule has 2 amide bonds. The lowest BCUT2D eigenvalue weighted by molar-refractivity contribution is -0.128. The highest BCUT2D eigenvalue weighted by molar-refractivity contribution is 5.92. The van der Waals surface area contributed by atoms with E-state index in [1.165, 1.54) is 25.7 Å². The molecule has 2 bridgehead atoms. The number of nitrogens with one attached hydrogen (secondary N) is 2. The molecule has 28 heavy (non-hydrogen) atoms. The van der Waals surface area contributed by atoms with Gasteiger partial charge in [0.15, 0.2) is 0 Å². The number of piperidine rings is 2. The first kappa shape index (κ1) is 19.4. The molecule has 2 heterocycles. The third kappa shape index (κ3) is 4.75. The van der Waals surface area contributed by atoms with Gasteiger partial charge in [-0.15, -0.1) is 0 Å². The summed E-state index contributed by atoms with van der Waals surface area (Å²) in [6.45, 7) is 0.452. The first-order valence-electron chi connectivity index (χ1n) is 11.1. The van der Waals surface area contributed by atoms with Crippen LogP contribution >= 0.6 is 0 Å². The number of benzene rings is 1. The van der Waals surface area contributed by atoms with Crippen molar-refractivity contribution in [2.75, 3.05) is 11.9 Å². The molecule has 1 aromatic carbocycles. The van der Waals surface area contributed by atoms with E-state index in [0.29, 0.717) is 18.6 Å². The van der Waals surface area contributed by atoms with Gasteiger partial charge in [-0.2, -0.15) is 0 Å². The third-order valence-corrected chi connectivity index (χ3v) is 6.83. The topological polar surface area (TPSA) is 61.4 Å². The number of hydrogen-bond acceptors (Lipinski definition) is 3. The Morgan fingerprint density at radius 1 is 0.893 bits per heavy atom. The van der Waals surface area contributed by atoms with Gasteiger partial charge in [0.25, 0.3) is 0 Å². The van der Waals surface area contributed by atoms with Crippen molar-refractivity contribution in [3.05, 3.63) is 30.3 Å². The summed E-state index contributed by atoms with van der Waals surface area (Å²) in [5, 5.41) is 6.38. The molecule has 0 radical (unpaired) electrons. The van der Waals surface area contributed by atoms with Crippen molar-refractivity contribution >= 4 is 17.5 Å². The second kappa shape index (κ2) is 9.08. The van der Waals surface area contributed by atoms with Crippen molar-refractivity contribution in [1.29, 1.82) is 0 Å². The van der Waals surface area contributed by atoms with Crippen molar-refractivity contribution in [3.63, 3.8) is 0 Å². The molecular formula is C23H33N3O2. The lowest BCUT2D eigenvalue weighted by Crippen LogP contribution is -2.58. The molecule has 3 aliphatic rings. The number of carbonyl (C=O) groups is 2. The highest BCUT2D eigenvalue weighted by Crippen LogP contribution is 2.34. The number of nitrogens with zero attached hydrogens (tertiary/aromatic N) is 1. The van der Waals surface area contributed by atoms with Gasteiger partial charge in [0.05, 0.1) is 6.54 Å². The van der Waals surface area contributed by atoms with Crippen molar-refractivity contribution < 1.29 is 9.59 Å². The van der Waals surface area contributed by atoms with Crippen LogP contribution < -0.4 is 10.6 Å². The number of anilines is 1. The van der Waals surface area contributed by atoms with Crippen LogP contribution in [0.2, 0.25) is 0 Å². The van der Waals surface area contributed by atoms with E-state index in [9.17, 15) is 9.59 Å². The average Bonchev–Trinajstić information content (AvgIpc) is 2.70. The van der Waals surface area contributed by atoms with E-state index >= 15 is 0 Å². The zero-order valence-electron chi connectivity index (χ0n) is 16.7. The van der Waals surface area contributed by atoms with Crippen molar-refractivity contribution in [2.24, 2.45) is 5.92 Å². The summed E-state index contributed by atoms with van der Waals surface area (Å²) in [5.74, 6) is 0.564. The van der Waals surface area contributed by atoms with E-state index in [-0.39, 0.29) is 23.8 Å². The molecule has 3 fully saturated rings. The smallest absolute Gasteiger partial charge is 0.238 e. The molecule has 2 saturated heterocycles. The lowest BCUT2D eigenvalue weighted by atomic mass is 9.81. The molecule has 3 atom stereocenters. The number of amides is 2. The van der Waals surface area contributed by atoms with Gasteiger partial charge in [-0.3, -0.25) is 14.5 Å². The molecule has 2 N–H and O–H groups in total. The number of hydrogen-bond donors (Lipinski definition) is 2.